The van der Waals surface area contributed by atoms with Crippen molar-refractivity contribution in [2.45, 2.75) is 0 Å². The maximum atomic E-state index is 7.50. The Balaban J connectivity index is -0.00000000806. The van der Waals surface area contributed by atoms with Gasteiger partial charge in [-0.3, -0.25) is 0 Å². The van der Waals surface area contributed by atoms with Crippen LogP contribution < -0.4 is 5.30 Å². The van der Waals surface area contributed by atoms with E-state index >= 15 is 0 Å². The van der Waals surface area contributed by atoms with Crippen LogP contribution in [0.4, 0.5) is 0 Å². The molecule has 0 aliphatic carbocycles. The Morgan fingerprint density at radius 2 is 0.405 bits per heavy atom. The van der Waals surface area contributed by atoms with Crippen LogP contribution in [0.3, 0.4) is 0 Å². The number of hydrogen-bond donors (Lipinski definition) is 0. The van der Waals surface area contributed by atoms with Crippen molar-refractivity contribution < 1.29 is 138 Å². The molecule has 1 aromatic rings. The van der Waals surface area contributed by atoms with Crippen LogP contribution in [0.25, 0.3) is 0 Å². The van der Waals surface area contributed by atoms with E-state index in [-0.39, 0.29) is 77.9 Å². The molecule has 0 heterocycles. The fraction of sp³-hybridized carbons (Fsp3) is 0. The third-order valence-corrected chi connectivity index (χ3v) is 1.18. The van der Waals surface area contributed by atoms with Gasteiger partial charge in [-0.1, -0.05) is 30.3 Å². The van der Waals surface area contributed by atoms with E-state index < -0.39 is 0 Å². The Hall–Kier alpha value is -1.24. The fourth-order valence-electron chi connectivity index (χ4n) is 0.453. The molecule has 13 nitrogen and oxygen atoms in total. The summed E-state index contributed by atoms with van der Waals surface area (Å²) in [6.45, 7) is 58.5. The molecule has 0 bridgehead atoms. The molecule has 1 aromatic carbocycles. The summed E-state index contributed by atoms with van der Waals surface area (Å²) in [4.78, 5) is 0. The van der Waals surface area contributed by atoms with Crippen molar-refractivity contribution in [3.8, 4) is 0 Å². The van der Waals surface area contributed by atoms with E-state index in [1.165, 1.54) is 5.30 Å². The van der Waals surface area contributed by atoms with Crippen LogP contribution in [-0.4, -0.2) is 0 Å². The standard InChI is InChI=1S/C6H7P.13CO.4Ru/c7-6-4-2-1-3-5-6;13*1-2;;;;/h1-5H,7H2;;;;;;;;;;;;;;;;;. The Labute approximate surface area is 268 Å². The largest absolute Gasteiger partial charge is 0 e. The Kier molecular flexibility index (Phi) is 2870. The minimum atomic E-state index is 0. The third kappa shape index (κ3) is 816. The summed E-state index contributed by atoms with van der Waals surface area (Å²) in [5.41, 5.74) is 0. The van der Waals surface area contributed by atoms with E-state index in [1.54, 1.807) is 0 Å². The molecule has 1 unspecified atom stereocenters. The molecule has 0 fully saturated rings. The van der Waals surface area contributed by atoms with Crippen molar-refractivity contribution in [1.82, 2.24) is 0 Å². The van der Waals surface area contributed by atoms with Crippen LogP contribution in [0.1, 0.15) is 0 Å². The molecular formula is C19H7O13PRu4. The van der Waals surface area contributed by atoms with Crippen LogP contribution in [0.5, 0.6) is 0 Å². The average Bonchev–Trinajstić information content (AvgIpc) is 3.03. The van der Waals surface area contributed by atoms with E-state index in [4.69, 9.17) is 60.5 Å². The van der Waals surface area contributed by atoms with Crippen LogP contribution in [0.2, 0.25) is 0 Å². The molecule has 37 heavy (non-hydrogen) atoms. The fourth-order valence-corrected chi connectivity index (χ4v) is 0.675. The predicted molar refractivity (Wildman–Crippen MR) is 86.9 cm³/mol. The summed E-state index contributed by atoms with van der Waals surface area (Å²) in [5, 5.41) is 1.24. The van der Waals surface area contributed by atoms with Crippen molar-refractivity contribution in [3.63, 3.8) is 0 Å². The molecule has 0 aromatic heterocycles. The monoisotopic (exact) mass is 882 g/mol. The van der Waals surface area contributed by atoms with Gasteiger partial charge in [-0.25, -0.2) is 0 Å². The van der Waals surface area contributed by atoms with Gasteiger partial charge in [-0.15, -0.1) is 9.24 Å². The Morgan fingerprint density at radius 1 is 0.297 bits per heavy atom. The van der Waals surface area contributed by atoms with Crippen molar-refractivity contribution >= 4 is 14.5 Å². The molecule has 198 valence electrons. The first-order chi connectivity index (χ1) is 16.4. The zero-order valence-corrected chi connectivity index (χ0v) is 25.3. The topological polar surface area (TPSA) is 259 Å². The minimum Gasteiger partial charge on any atom is 0 e. The summed E-state index contributed by atoms with van der Waals surface area (Å²) < 4.78 is 97.5. The van der Waals surface area contributed by atoms with Crippen molar-refractivity contribution in [2.24, 2.45) is 0 Å². The van der Waals surface area contributed by atoms with Gasteiger partial charge in [0.25, 0.3) is 0 Å². The van der Waals surface area contributed by atoms with Gasteiger partial charge in [0.15, 0.2) is 0 Å². The molecule has 1 rings (SSSR count). The number of benzene rings is 1. The van der Waals surface area contributed by atoms with Crippen LogP contribution in [-0.2, 0) is 138 Å². The normalized spacial score (nSPS) is 2.35. The number of rotatable bonds is 0. The van der Waals surface area contributed by atoms with Gasteiger partial charge < -0.3 is 0 Å². The average molecular weight is 879 g/mol. The predicted octanol–water partition coefficient (Wildman–Crippen LogP) is 0.689. The molecule has 0 radical (unpaired) electrons. The van der Waals surface area contributed by atoms with Crippen LogP contribution >= 0.6 is 9.24 Å². The molecule has 18 heteroatoms. The van der Waals surface area contributed by atoms with Gasteiger partial charge in [0.05, 0.1) is 0 Å². The SMILES string of the molecule is Pc1ccccc1.[C-]#[O+].[C-]#[O+].[C-]#[O+].[C-]#[O+].[C-]#[O+].[C-]#[O+].[C-]#[O+].[C-]#[O+].[C-]#[O+].[C-]#[O+].[C-]#[O+].[C-]#[O+].[C-]#[O+].[Ru].[Ru].[Ru].[Ru]. The molecule has 0 aliphatic rings. The van der Waals surface area contributed by atoms with Gasteiger partial charge >= 0.3 is 147 Å². The first kappa shape index (κ1) is 123. The Bertz CT molecular complexity index is 497. The summed E-state index contributed by atoms with van der Waals surface area (Å²) in [6.07, 6.45) is 0. The van der Waals surface area contributed by atoms with Gasteiger partial charge in [-0.05, 0) is 5.30 Å². The molecule has 0 N–H and O–H groups in total. The van der Waals surface area contributed by atoms with E-state index in [0.717, 1.165) is 0 Å². The molecule has 1 atom stereocenters. The summed E-state index contributed by atoms with van der Waals surface area (Å²) >= 11 is 0. The minimum absolute atomic E-state index is 0. The second-order valence-corrected chi connectivity index (χ2v) is 2.08. The second kappa shape index (κ2) is 866. The van der Waals surface area contributed by atoms with E-state index in [0.29, 0.717) is 0 Å². The Morgan fingerprint density at radius 3 is 0.459 bits per heavy atom. The first-order valence-corrected chi connectivity index (χ1v) is 5.43. The summed E-state index contributed by atoms with van der Waals surface area (Å²) in [6, 6.07) is 10.1. The molecule has 0 spiro atoms. The van der Waals surface area contributed by atoms with E-state index in [2.05, 4.69) is 95.7 Å². The first-order valence-electron chi connectivity index (χ1n) is 4.85. The van der Waals surface area contributed by atoms with Gasteiger partial charge in [0.2, 0.25) is 0 Å². The van der Waals surface area contributed by atoms with Crippen molar-refractivity contribution in [1.29, 1.82) is 0 Å². The van der Waals surface area contributed by atoms with Gasteiger partial charge in [0.1, 0.15) is 0 Å². The van der Waals surface area contributed by atoms with Crippen LogP contribution in [0.15, 0.2) is 30.3 Å². The third-order valence-electron chi connectivity index (χ3n) is 0.800. The van der Waals surface area contributed by atoms with Gasteiger partial charge in [-0.2, -0.15) is 0 Å². The van der Waals surface area contributed by atoms with E-state index in [9.17, 15) is 0 Å². The zero-order chi connectivity index (χ0) is 31.1. The molecule has 0 amide bonds. The van der Waals surface area contributed by atoms with Crippen molar-refractivity contribution in [2.75, 3.05) is 0 Å². The molecular weight excluding hydrogens is 871 g/mol. The second-order valence-electron chi connectivity index (χ2n) is 1.41. The van der Waals surface area contributed by atoms with Gasteiger partial charge in [0, 0.05) is 77.9 Å². The maximum absolute atomic E-state index is 7.50. The maximum Gasteiger partial charge on any atom is 0 e. The van der Waals surface area contributed by atoms with Crippen molar-refractivity contribution in [3.05, 3.63) is 117 Å². The smallest absolute Gasteiger partial charge is 0 e. The molecule has 0 aliphatic heterocycles. The van der Waals surface area contributed by atoms with Crippen LogP contribution in [0, 0.1) is 86.5 Å². The quantitative estimate of drug-likeness (QED) is 0.151. The summed E-state index contributed by atoms with van der Waals surface area (Å²) in [5.74, 6) is 0. The molecule has 0 saturated carbocycles. The summed E-state index contributed by atoms with van der Waals surface area (Å²) in [7, 11) is 2.63. The zero-order valence-electron chi connectivity index (χ0n) is 17.2. The molecule has 0 saturated heterocycles. The number of hydrogen-bond acceptors (Lipinski definition) is 0. The van der Waals surface area contributed by atoms with E-state index in [1.807, 2.05) is 30.3 Å².